The van der Waals surface area contributed by atoms with Gasteiger partial charge in [0.15, 0.2) is 0 Å². The highest BCUT2D eigenvalue weighted by atomic mass is 16.5. The highest BCUT2D eigenvalue weighted by molar-refractivity contribution is 5.76. The normalized spacial score (nSPS) is 22.7. The van der Waals surface area contributed by atoms with Crippen molar-refractivity contribution in [3.05, 3.63) is 35.5 Å². The van der Waals surface area contributed by atoms with Crippen molar-refractivity contribution in [2.45, 2.75) is 26.2 Å². The third-order valence-electron chi connectivity index (χ3n) is 3.51. The van der Waals surface area contributed by atoms with Crippen LogP contribution in [0.25, 0.3) is 11.1 Å². The van der Waals surface area contributed by atoms with Gasteiger partial charge in [0.05, 0.1) is 11.3 Å². The molecular formula is C14H16N2O. The minimum Gasteiger partial charge on any atom is -0.367 e. The summed E-state index contributed by atoms with van der Waals surface area (Å²) in [6.45, 7) is 4.31. The molecule has 17 heavy (non-hydrogen) atoms. The van der Waals surface area contributed by atoms with Gasteiger partial charge >= 0.3 is 0 Å². The van der Waals surface area contributed by atoms with Gasteiger partial charge in [-0.05, 0) is 24.8 Å². The molecule has 1 aromatic heterocycles. The van der Waals surface area contributed by atoms with Gasteiger partial charge in [-0.25, -0.2) is 0 Å². The molecule has 0 spiro atoms. The number of nitrogen functional groups attached to an aromatic ring is 1. The van der Waals surface area contributed by atoms with Crippen LogP contribution in [0.4, 0.5) is 5.88 Å². The molecule has 2 atom stereocenters. The predicted octanol–water partition coefficient (Wildman–Crippen LogP) is 3.36. The van der Waals surface area contributed by atoms with E-state index in [-0.39, 0.29) is 0 Å². The Hall–Kier alpha value is -1.77. The summed E-state index contributed by atoms with van der Waals surface area (Å²) < 4.78 is 5.17. The van der Waals surface area contributed by atoms with Crippen molar-refractivity contribution in [2.24, 2.45) is 5.92 Å². The maximum Gasteiger partial charge on any atom is 0.230 e. The van der Waals surface area contributed by atoms with E-state index < -0.39 is 0 Å². The first kappa shape index (κ1) is 10.4. The quantitative estimate of drug-likeness (QED) is 0.857. The zero-order valence-corrected chi connectivity index (χ0v) is 10.1. The zero-order chi connectivity index (χ0) is 12.0. The lowest BCUT2D eigenvalue weighted by atomic mass is 10.0. The van der Waals surface area contributed by atoms with Gasteiger partial charge < -0.3 is 10.3 Å². The maximum atomic E-state index is 5.91. The molecule has 1 fully saturated rings. The molecule has 2 unspecified atom stereocenters. The van der Waals surface area contributed by atoms with E-state index in [4.69, 9.17) is 10.3 Å². The van der Waals surface area contributed by atoms with Gasteiger partial charge in [-0.15, -0.1) is 0 Å². The molecule has 3 heteroatoms. The van der Waals surface area contributed by atoms with Crippen molar-refractivity contribution in [3.8, 4) is 11.1 Å². The van der Waals surface area contributed by atoms with Crippen LogP contribution in [0.2, 0.25) is 0 Å². The lowest BCUT2D eigenvalue weighted by Crippen LogP contribution is -1.90. The topological polar surface area (TPSA) is 52.0 Å². The van der Waals surface area contributed by atoms with Crippen LogP contribution in [0, 0.1) is 12.8 Å². The van der Waals surface area contributed by atoms with Crippen molar-refractivity contribution in [1.29, 1.82) is 0 Å². The second-order valence-electron chi connectivity index (χ2n) is 5.00. The minimum atomic E-state index is 0.435. The van der Waals surface area contributed by atoms with Crippen molar-refractivity contribution in [2.75, 3.05) is 5.73 Å². The third-order valence-corrected chi connectivity index (χ3v) is 3.51. The molecule has 1 saturated carbocycles. The Balaban J connectivity index is 2.10. The second kappa shape index (κ2) is 3.62. The number of anilines is 1. The first-order chi connectivity index (χ1) is 8.16. The fourth-order valence-electron chi connectivity index (χ4n) is 2.36. The van der Waals surface area contributed by atoms with Crippen LogP contribution in [0.1, 0.15) is 30.5 Å². The Morgan fingerprint density at radius 1 is 1.41 bits per heavy atom. The molecule has 2 N–H and O–H groups in total. The summed E-state index contributed by atoms with van der Waals surface area (Å²) in [4.78, 5) is 0. The highest BCUT2D eigenvalue weighted by Gasteiger charge is 2.39. The van der Waals surface area contributed by atoms with E-state index >= 15 is 0 Å². The summed E-state index contributed by atoms with van der Waals surface area (Å²) >= 11 is 0. The number of hydrogen-bond donors (Lipinski definition) is 1. The Morgan fingerprint density at radius 3 is 2.82 bits per heavy atom. The van der Waals surface area contributed by atoms with Crippen LogP contribution in [-0.2, 0) is 0 Å². The average molecular weight is 228 g/mol. The molecule has 1 heterocycles. The zero-order valence-electron chi connectivity index (χ0n) is 10.1. The summed E-state index contributed by atoms with van der Waals surface area (Å²) in [6, 6.07) is 8.30. The van der Waals surface area contributed by atoms with Crippen LogP contribution >= 0.6 is 0 Å². The number of aryl methyl sites for hydroxylation is 1. The van der Waals surface area contributed by atoms with Crippen molar-refractivity contribution in [3.63, 3.8) is 0 Å². The van der Waals surface area contributed by atoms with Crippen molar-refractivity contribution >= 4 is 5.88 Å². The second-order valence-corrected chi connectivity index (χ2v) is 5.00. The molecule has 0 saturated heterocycles. The van der Waals surface area contributed by atoms with Gasteiger partial charge in [-0.2, -0.15) is 0 Å². The van der Waals surface area contributed by atoms with E-state index in [0.29, 0.717) is 17.7 Å². The largest absolute Gasteiger partial charge is 0.367 e. The maximum absolute atomic E-state index is 5.91. The van der Waals surface area contributed by atoms with E-state index in [9.17, 15) is 0 Å². The molecule has 3 nitrogen and oxygen atoms in total. The number of rotatable bonds is 2. The molecule has 3 rings (SSSR count). The summed E-state index contributed by atoms with van der Waals surface area (Å²) in [6.07, 6.45) is 1.19. The summed E-state index contributed by atoms with van der Waals surface area (Å²) in [5, 5.41) is 4.13. The van der Waals surface area contributed by atoms with Gasteiger partial charge in [0.2, 0.25) is 5.88 Å². The molecule has 1 aliphatic rings. The van der Waals surface area contributed by atoms with Gasteiger partial charge in [0.25, 0.3) is 0 Å². The summed E-state index contributed by atoms with van der Waals surface area (Å²) in [5.74, 6) is 1.65. The monoisotopic (exact) mass is 228 g/mol. The number of nitrogens with two attached hydrogens (primary N) is 1. The minimum absolute atomic E-state index is 0.435. The number of hydrogen-bond acceptors (Lipinski definition) is 3. The first-order valence-electron chi connectivity index (χ1n) is 5.99. The number of nitrogens with zero attached hydrogens (tertiary/aromatic N) is 1. The van der Waals surface area contributed by atoms with E-state index in [1.54, 1.807) is 0 Å². The predicted molar refractivity (Wildman–Crippen MR) is 67.6 cm³/mol. The van der Waals surface area contributed by atoms with Crippen LogP contribution in [-0.4, -0.2) is 5.16 Å². The first-order valence-corrected chi connectivity index (χ1v) is 5.99. The van der Waals surface area contributed by atoms with Gasteiger partial charge in [-0.1, -0.05) is 41.9 Å². The number of benzene rings is 1. The molecule has 1 aliphatic carbocycles. The Labute approximate surface area is 101 Å². The van der Waals surface area contributed by atoms with Gasteiger partial charge in [0.1, 0.15) is 0 Å². The average Bonchev–Trinajstić information content (AvgIpc) is 2.88. The SMILES string of the molecule is Cc1cccc(-c2c(C3CC3C)noc2N)c1. The Bertz CT molecular complexity index is 559. The molecular weight excluding hydrogens is 212 g/mol. The molecule has 88 valence electrons. The third kappa shape index (κ3) is 1.71. The molecule has 2 aromatic rings. The van der Waals surface area contributed by atoms with Crippen LogP contribution in [0.15, 0.2) is 28.8 Å². The van der Waals surface area contributed by atoms with Crippen molar-refractivity contribution < 1.29 is 4.52 Å². The number of aromatic nitrogens is 1. The fraction of sp³-hybridized carbons (Fsp3) is 0.357. The molecule has 0 amide bonds. The Kier molecular flexibility index (Phi) is 2.21. The van der Waals surface area contributed by atoms with E-state index in [2.05, 4.69) is 37.2 Å². The van der Waals surface area contributed by atoms with Crippen LogP contribution in [0.5, 0.6) is 0 Å². The standard InChI is InChI=1S/C14H16N2O/c1-8-4-3-5-10(6-8)12-13(11-7-9(11)2)16-17-14(12)15/h3-6,9,11H,7,15H2,1-2H3. The van der Waals surface area contributed by atoms with Crippen LogP contribution < -0.4 is 5.73 Å². The molecule has 0 bridgehead atoms. The van der Waals surface area contributed by atoms with Crippen LogP contribution in [0.3, 0.4) is 0 Å². The molecule has 0 aliphatic heterocycles. The summed E-state index contributed by atoms with van der Waals surface area (Å²) in [7, 11) is 0. The lowest BCUT2D eigenvalue weighted by Gasteiger charge is -2.02. The summed E-state index contributed by atoms with van der Waals surface area (Å²) in [5.41, 5.74) is 10.3. The lowest BCUT2D eigenvalue weighted by molar-refractivity contribution is 0.427. The highest BCUT2D eigenvalue weighted by Crippen LogP contribution is 2.50. The Morgan fingerprint density at radius 2 is 2.18 bits per heavy atom. The van der Waals surface area contributed by atoms with Crippen molar-refractivity contribution in [1.82, 2.24) is 5.16 Å². The molecule has 0 radical (unpaired) electrons. The van der Waals surface area contributed by atoms with E-state index in [1.807, 2.05) is 6.07 Å². The van der Waals surface area contributed by atoms with Gasteiger partial charge in [-0.3, -0.25) is 0 Å². The molecule has 1 aromatic carbocycles. The smallest absolute Gasteiger partial charge is 0.230 e. The van der Waals surface area contributed by atoms with E-state index in [1.165, 1.54) is 12.0 Å². The van der Waals surface area contributed by atoms with E-state index in [0.717, 1.165) is 16.8 Å². The van der Waals surface area contributed by atoms with Gasteiger partial charge in [0, 0.05) is 5.92 Å². The fourth-order valence-corrected chi connectivity index (χ4v) is 2.36.